The summed E-state index contributed by atoms with van der Waals surface area (Å²) in [4.78, 5) is 0. The Morgan fingerprint density at radius 2 is 2.08 bits per heavy atom. The maximum Gasteiger partial charge on any atom is 0.191 e. The van der Waals surface area contributed by atoms with Crippen molar-refractivity contribution in [3.05, 3.63) is 36.2 Å². The number of sulfone groups is 1. The molecule has 0 spiro atoms. The van der Waals surface area contributed by atoms with E-state index in [1.54, 1.807) is 11.8 Å². The van der Waals surface area contributed by atoms with Crippen LogP contribution in [0.3, 0.4) is 0 Å². The molecule has 2 heterocycles. The van der Waals surface area contributed by atoms with Gasteiger partial charge in [-0.05, 0) is 24.5 Å². The molecule has 1 aromatic carbocycles. The van der Waals surface area contributed by atoms with E-state index in [2.05, 4.69) is 10.2 Å². The van der Waals surface area contributed by atoms with Gasteiger partial charge in [-0.15, -0.1) is 10.2 Å². The molecule has 0 bridgehead atoms. The zero-order valence-corrected chi connectivity index (χ0v) is 15.2. The first kappa shape index (κ1) is 17.3. The Bertz CT molecular complexity index is 775. The largest absolute Gasteiger partial charge is 0.493 e. The summed E-state index contributed by atoms with van der Waals surface area (Å²) in [5.41, 5.74) is 0. The first-order valence-electron chi connectivity index (χ1n) is 7.93. The van der Waals surface area contributed by atoms with Crippen LogP contribution in [-0.2, 0) is 23.3 Å². The third-order valence-electron chi connectivity index (χ3n) is 4.05. The van der Waals surface area contributed by atoms with Gasteiger partial charge in [-0.3, -0.25) is 0 Å². The smallest absolute Gasteiger partial charge is 0.191 e. The quantitative estimate of drug-likeness (QED) is 0.550. The molecule has 6 nitrogen and oxygen atoms in total. The highest BCUT2D eigenvalue weighted by Crippen LogP contribution is 2.23. The number of nitrogens with zero attached hydrogens (tertiary/aromatic N) is 3. The molecular weight excluding hydrogens is 346 g/mol. The monoisotopic (exact) mass is 367 g/mol. The van der Waals surface area contributed by atoms with Gasteiger partial charge in [0.1, 0.15) is 11.6 Å². The van der Waals surface area contributed by atoms with E-state index >= 15 is 0 Å². The summed E-state index contributed by atoms with van der Waals surface area (Å²) in [6, 6.07) is 9.71. The molecule has 0 N–H and O–H groups in total. The van der Waals surface area contributed by atoms with Crippen molar-refractivity contribution in [1.82, 2.24) is 14.8 Å². The lowest BCUT2D eigenvalue weighted by Gasteiger charge is -2.08. The van der Waals surface area contributed by atoms with Gasteiger partial charge in [-0.1, -0.05) is 30.0 Å². The number of hydrogen-bond acceptors (Lipinski definition) is 6. The highest BCUT2D eigenvalue weighted by molar-refractivity contribution is 7.99. The predicted octanol–water partition coefficient (Wildman–Crippen LogP) is 1.96. The third kappa shape index (κ3) is 4.51. The van der Waals surface area contributed by atoms with Crippen molar-refractivity contribution >= 4 is 21.6 Å². The number of rotatable bonds is 7. The van der Waals surface area contributed by atoms with Crippen LogP contribution in [0.1, 0.15) is 12.2 Å². The van der Waals surface area contributed by atoms with E-state index in [1.807, 2.05) is 41.9 Å². The molecule has 1 fully saturated rings. The van der Waals surface area contributed by atoms with Gasteiger partial charge in [-0.2, -0.15) is 0 Å². The minimum atomic E-state index is -2.84. The Labute approximate surface area is 146 Å². The zero-order chi connectivity index (χ0) is 17.0. The first-order valence-corrected chi connectivity index (χ1v) is 10.7. The molecule has 3 rings (SSSR count). The number of ether oxygens (including phenoxy) is 1. The van der Waals surface area contributed by atoms with Gasteiger partial charge in [-0.25, -0.2) is 8.42 Å². The lowest BCUT2D eigenvalue weighted by molar-refractivity contribution is 0.344. The van der Waals surface area contributed by atoms with Gasteiger partial charge in [0.25, 0.3) is 0 Å². The van der Waals surface area contributed by atoms with Crippen molar-refractivity contribution < 1.29 is 13.2 Å². The van der Waals surface area contributed by atoms with Crippen LogP contribution in [0.15, 0.2) is 35.5 Å². The number of thioether (sulfide) groups is 1. The Morgan fingerprint density at radius 3 is 2.79 bits per heavy atom. The van der Waals surface area contributed by atoms with Gasteiger partial charge >= 0.3 is 0 Å². The van der Waals surface area contributed by atoms with E-state index in [0.29, 0.717) is 18.8 Å². The van der Waals surface area contributed by atoms with E-state index in [9.17, 15) is 8.42 Å². The van der Waals surface area contributed by atoms with Gasteiger partial charge in [0.2, 0.25) is 0 Å². The SMILES string of the molecule is Cn1c(CC2CCS(=O)(=O)C2)nnc1SCCOc1ccccc1. The highest BCUT2D eigenvalue weighted by atomic mass is 32.2. The van der Waals surface area contributed by atoms with Crippen LogP contribution >= 0.6 is 11.8 Å². The molecule has 130 valence electrons. The summed E-state index contributed by atoms with van der Waals surface area (Å²) in [6.07, 6.45) is 1.40. The molecule has 1 aromatic heterocycles. The minimum Gasteiger partial charge on any atom is -0.493 e. The minimum absolute atomic E-state index is 0.164. The normalized spacial score (nSPS) is 19.5. The molecule has 24 heavy (non-hydrogen) atoms. The molecule has 1 unspecified atom stereocenters. The zero-order valence-electron chi connectivity index (χ0n) is 13.6. The van der Waals surface area contributed by atoms with E-state index in [0.717, 1.165) is 28.9 Å². The standard InChI is InChI=1S/C16H21N3O3S2/c1-19-15(11-13-7-10-24(20,21)12-13)17-18-16(19)23-9-8-22-14-5-3-2-4-6-14/h2-6,13H,7-12H2,1H3. The van der Waals surface area contributed by atoms with E-state index in [-0.39, 0.29) is 11.7 Å². The number of hydrogen-bond donors (Lipinski definition) is 0. The van der Waals surface area contributed by atoms with E-state index in [1.165, 1.54) is 0 Å². The highest BCUT2D eigenvalue weighted by Gasteiger charge is 2.29. The van der Waals surface area contributed by atoms with Crippen molar-refractivity contribution in [2.75, 3.05) is 23.9 Å². The molecule has 0 amide bonds. The molecule has 0 saturated carbocycles. The maximum atomic E-state index is 11.6. The second-order valence-corrected chi connectivity index (χ2v) is 9.23. The average Bonchev–Trinajstić information content (AvgIpc) is 3.08. The Morgan fingerprint density at radius 1 is 1.29 bits per heavy atom. The van der Waals surface area contributed by atoms with Crippen LogP contribution in [0, 0.1) is 5.92 Å². The second-order valence-electron chi connectivity index (χ2n) is 5.94. The summed E-state index contributed by atoms with van der Waals surface area (Å²) in [7, 11) is -0.915. The van der Waals surface area contributed by atoms with Crippen molar-refractivity contribution in [1.29, 1.82) is 0 Å². The fourth-order valence-corrected chi connectivity index (χ4v) is 5.36. The van der Waals surface area contributed by atoms with E-state index < -0.39 is 9.84 Å². The fraction of sp³-hybridized carbons (Fsp3) is 0.500. The Kier molecular flexibility index (Phi) is 5.45. The Balaban J connectivity index is 1.48. The molecule has 1 atom stereocenters. The molecule has 8 heteroatoms. The lowest BCUT2D eigenvalue weighted by atomic mass is 10.1. The fourth-order valence-electron chi connectivity index (χ4n) is 2.75. The van der Waals surface area contributed by atoms with Gasteiger partial charge in [0.15, 0.2) is 15.0 Å². The van der Waals surface area contributed by atoms with Crippen LogP contribution in [0.4, 0.5) is 0 Å². The molecule has 1 aliphatic rings. The van der Waals surface area contributed by atoms with Crippen LogP contribution in [0.2, 0.25) is 0 Å². The average molecular weight is 367 g/mol. The molecule has 1 aliphatic heterocycles. The van der Waals surface area contributed by atoms with Crippen molar-refractivity contribution in [2.45, 2.75) is 18.0 Å². The summed E-state index contributed by atoms with van der Waals surface area (Å²) < 4.78 is 30.7. The summed E-state index contributed by atoms with van der Waals surface area (Å²) in [5, 5.41) is 9.27. The molecule has 1 saturated heterocycles. The first-order chi connectivity index (χ1) is 11.5. The summed E-state index contributed by atoms with van der Waals surface area (Å²) in [6.45, 7) is 0.595. The van der Waals surface area contributed by atoms with Gasteiger partial charge in [0.05, 0.1) is 18.1 Å². The van der Waals surface area contributed by atoms with Crippen molar-refractivity contribution in [2.24, 2.45) is 13.0 Å². The molecule has 0 radical (unpaired) electrons. The van der Waals surface area contributed by atoms with Gasteiger partial charge < -0.3 is 9.30 Å². The van der Waals surface area contributed by atoms with Crippen LogP contribution in [-0.4, -0.2) is 47.0 Å². The number of benzene rings is 1. The predicted molar refractivity (Wildman–Crippen MR) is 94.1 cm³/mol. The lowest BCUT2D eigenvalue weighted by Crippen LogP contribution is -2.11. The van der Waals surface area contributed by atoms with Gasteiger partial charge in [0, 0.05) is 19.2 Å². The number of para-hydroxylation sites is 1. The summed E-state index contributed by atoms with van der Waals surface area (Å²) >= 11 is 1.59. The van der Waals surface area contributed by atoms with Crippen LogP contribution in [0.25, 0.3) is 0 Å². The molecule has 0 aliphatic carbocycles. The van der Waals surface area contributed by atoms with Crippen LogP contribution < -0.4 is 4.74 Å². The van der Waals surface area contributed by atoms with E-state index in [4.69, 9.17) is 4.74 Å². The molecule has 2 aromatic rings. The second kappa shape index (κ2) is 7.57. The topological polar surface area (TPSA) is 74.1 Å². The third-order valence-corrected chi connectivity index (χ3v) is 6.87. The summed E-state index contributed by atoms with van der Waals surface area (Å²) in [5.74, 6) is 3.22. The number of aromatic nitrogens is 3. The Hall–Kier alpha value is -1.54. The van der Waals surface area contributed by atoms with Crippen LogP contribution in [0.5, 0.6) is 5.75 Å². The maximum absolute atomic E-state index is 11.6. The molecular formula is C16H21N3O3S2. The van der Waals surface area contributed by atoms with Crippen molar-refractivity contribution in [3.8, 4) is 5.75 Å². The van der Waals surface area contributed by atoms with Crippen molar-refractivity contribution in [3.63, 3.8) is 0 Å².